The molecular formula is C17H17FN2O2. The Morgan fingerprint density at radius 2 is 2.27 bits per heavy atom. The van der Waals surface area contributed by atoms with Crippen molar-refractivity contribution in [3.05, 3.63) is 59.2 Å². The van der Waals surface area contributed by atoms with E-state index in [1.54, 1.807) is 6.07 Å². The lowest BCUT2D eigenvalue weighted by atomic mass is 9.82. The summed E-state index contributed by atoms with van der Waals surface area (Å²) in [6, 6.07) is 6.67. The van der Waals surface area contributed by atoms with Gasteiger partial charge in [-0.3, -0.25) is 4.98 Å². The largest absolute Gasteiger partial charge is 0.478 e. The Bertz CT molecular complexity index is 703. The first-order chi connectivity index (χ1) is 10.7. The molecule has 0 radical (unpaired) electrons. The van der Waals surface area contributed by atoms with Crippen molar-refractivity contribution < 1.29 is 14.3 Å². The summed E-state index contributed by atoms with van der Waals surface area (Å²) in [5.41, 5.74) is 2.52. The maximum atomic E-state index is 13.9. The number of hydrogen-bond donors (Lipinski definition) is 2. The van der Waals surface area contributed by atoms with E-state index in [0.717, 1.165) is 30.4 Å². The van der Waals surface area contributed by atoms with Crippen LogP contribution in [-0.4, -0.2) is 22.6 Å². The van der Waals surface area contributed by atoms with E-state index in [0.29, 0.717) is 12.2 Å². The van der Waals surface area contributed by atoms with Gasteiger partial charge in [-0.15, -0.1) is 0 Å². The number of hydrogen-bond acceptors (Lipinski definition) is 3. The van der Waals surface area contributed by atoms with Crippen LogP contribution in [0.2, 0.25) is 0 Å². The van der Waals surface area contributed by atoms with Crippen LogP contribution in [0.15, 0.2) is 36.7 Å². The number of anilines is 1. The van der Waals surface area contributed by atoms with E-state index >= 15 is 0 Å². The van der Waals surface area contributed by atoms with Crippen molar-refractivity contribution in [2.24, 2.45) is 0 Å². The van der Waals surface area contributed by atoms with Crippen molar-refractivity contribution in [2.45, 2.75) is 25.2 Å². The number of pyridine rings is 1. The summed E-state index contributed by atoms with van der Waals surface area (Å²) in [5, 5.41) is 12.3. The number of aromatic carboxylic acids is 1. The lowest BCUT2D eigenvalue weighted by Gasteiger charge is -2.26. The van der Waals surface area contributed by atoms with Crippen molar-refractivity contribution in [2.75, 3.05) is 11.9 Å². The number of carbonyl (C=O) groups is 1. The van der Waals surface area contributed by atoms with Crippen molar-refractivity contribution in [1.29, 1.82) is 0 Å². The number of fused-ring (bicyclic) bond motifs is 1. The van der Waals surface area contributed by atoms with Crippen LogP contribution in [0.3, 0.4) is 0 Å². The van der Waals surface area contributed by atoms with Crippen LogP contribution >= 0.6 is 0 Å². The number of carboxylic acids is 1. The van der Waals surface area contributed by atoms with E-state index in [4.69, 9.17) is 0 Å². The molecule has 0 bridgehead atoms. The highest BCUT2D eigenvalue weighted by Gasteiger charge is 2.22. The molecule has 0 fully saturated rings. The molecule has 0 unspecified atom stereocenters. The maximum absolute atomic E-state index is 13.9. The Morgan fingerprint density at radius 1 is 1.41 bits per heavy atom. The molecule has 0 saturated heterocycles. The van der Waals surface area contributed by atoms with Crippen molar-refractivity contribution in [1.82, 2.24) is 4.98 Å². The van der Waals surface area contributed by atoms with Crippen molar-refractivity contribution >= 4 is 11.7 Å². The van der Waals surface area contributed by atoms with Gasteiger partial charge in [-0.1, -0.05) is 12.1 Å². The summed E-state index contributed by atoms with van der Waals surface area (Å²) in [5.74, 6) is -0.948. The predicted octanol–water partition coefficient (Wildman–Crippen LogP) is 3.45. The molecule has 1 aliphatic rings. The SMILES string of the molecule is O=C(O)c1ccncc1NC[C@@H]1CCCc2c(F)cccc21. The van der Waals surface area contributed by atoms with Gasteiger partial charge in [0.05, 0.1) is 17.4 Å². The van der Waals surface area contributed by atoms with Crippen LogP contribution in [0.4, 0.5) is 10.1 Å². The lowest BCUT2D eigenvalue weighted by Crippen LogP contribution is -2.20. The van der Waals surface area contributed by atoms with E-state index in [-0.39, 0.29) is 17.3 Å². The average molecular weight is 300 g/mol. The smallest absolute Gasteiger partial charge is 0.337 e. The minimum atomic E-state index is -0.986. The molecular weight excluding hydrogens is 283 g/mol. The van der Waals surface area contributed by atoms with Crippen molar-refractivity contribution in [3.8, 4) is 0 Å². The molecule has 1 aromatic carbocycles. The second-order valence-corrected chi connectivity index (χ2v) is 5.50. The molecule has 1 atom stereocenters. The standard InChI is InChI=1S/C17H17FN2O2/c18-15-6-2-4-12-11(3-1-5-13(12)15)9-20-16-10-19-8-7-14(16)17(21)22/h2,4,6-8,10-11,20H,1,3,5,9H2,(H,21,22)/t11-/m0/s1. The molecule has 1 aliphatic carbocycles. The zero-order chi connectivity index (χ0) is 15.5. The van der Waals surface area contributed by atoms with Crippen LogP contribution in [0.25, 0.3) is 0 Å². The quantitative estimate of drug-likeness (QED) is 0.908. The van der Waals surface area contributed by atoms with Crippen LogP contribution in [0.5, 0.6) is 0 Å². The first-order valence-electron chi connectivity index (χ1n) is 7.35. The highest BCUT2D eigenvalue weighted by molar-refractivity contribution is 5.93. The summed E-state index contributed by atoms with van der Waals surface area (Å²) < 4.78 is 13.9. The molecule has 2 N–H and O–H groups in total. The van der Waals surface area contributed by atoms with Gasteiger partial charge in [-0.25, -0.2) is 9.18 Å². The van der Waals surface area contributed by atoms with Crippen LogP contribution in [0, 0.1) is 5.82 Å². The third-order valence-corrected chi connectivity index (χ3v) is 4.16. The normalized spacial score (nSPS) is 16.9. The number of benzene rings is 1. The number of halogens is 1. The summed E-state index contributed by atoms with van der Waals surface area (Å²) in [7, 11) is 0. The number of nitrogens with zero attached hydrogens (tertiary/aromatic N) is 1. The first-order valence-corrected chi connectivity index (χ1v) is 7.35. The van der Waals surface area contributed by atoms with Gasteiger partial charge in [-0.2, -0.15) is 0 Å². The molecule has 1 heterocycles. The Morgan fingerprint density at radius 3 is 3.09 bits per heavy atom. The number of nitrogens with one attached hydrogen (secondary N) is 1. The fourth-order valence-corrected chi connectivity index (χ4v) is 3.07. The van der Waals surface area contributed by atoms with Gasteiger partial charge in [0.25, 0.3) is 0 Å². The first kappa shape index (κ1) is 14.5. The number of rotatable bonds is 4. The van der Waals surface area contributed by atoms with Gasteiger partial charge >= 0.3 is 5.97 Å². The third kappa shape index (κ3) is 2.79. The van der Waals surface area contributed by atoms with Crippen molar-refractivity contribution in [3.63, 3.8) is 0 Å². The van der Waals surface area contributed by atoms with Gasteiger partial charge in [-0.05, 0) is 42.5 Å². The summed E-state index contributed by atoms with van der Waals surface area (Å²) >= 11 is 0. The van der Waals surface area contributed by atoms with Crippen LogP contribution in [0.1, 0.15) is 40.2 Å². The second-order valence-electron chi connectivity index (χ2n) is 5.50. The Labute approximate surface area is 128 Å². The maximum Gasteiger partial charge on any atom is 0.337 e. The minimum absolute atomic E-state index is 0.144. The average Bonchev–Trinajstić information content (AvgIpc) is 2.53. The zero-order valence-corrected chi connectivity index (χ0v) is 12.1. The van der Waals surface area contributed by atoms with Gasteiger partial charge in [0.15, 0.2) is 0 Å². The summed E-state index contributed by atoms with van der Waals surface area (Å²) in [6.45, 7) is 0.572. The van der Waals surface area contributed by atoms with Crippen LogP contribution < -0.4 is 5.32 Å². The van der Waals surface area contributed by atoms with Gasteiger partial charge in [0.1, 0.15) is 5.82 Å². The number of aromatic nitrogens is 1. The molecule has 1 aromatic heterocycles. The molecule has 114 valence electrons. The van der Waals surface area contributed by atoms with Crippen LogP contribution in [-0.2, 0) is 6.42 Å². The molecule has 3 rings (SSSR count). The Kier molecular flexibility index (Phi) is 4.04. The third-order valence-electron chi connectivity index (χ3n) is 4.16. The van der Waals surface area contributed by atoms with Gasteiger partial charge in [0, 0.05) is 18.7 Å². The van der Waals surface area contributed by atoms with E-state index in [1.807, 2.05) is 6.07 Å². The molecule has 0 spiro atoms. The molecule has 4 nitrogen and oxygen atoms in total. The molecule has 0 aliphatic heterocycles. The minimum Gasteiger partial charge on any atom is -0.478 e. The summed E-state index contributed by atoms with van der Waals surface area (Å²) in [4.78, 5) is 15.2. The molecule has 5 heteroatoms. The highest BCUT2D eigenvalue weighted by atomic mass is 19.1. The van der Waals surface area contributed by atoms with Gasteiger partial charge in [0.2, 0.25) is 0 Å². The van der Waals surface area contributed by atoms with E-state index in [9.17, 15) is 14.3 Å². The van der Waals surface area contributed by atoms with E-state index in [2.05, 4.69) is 10.3 Å². The van der Waals surface area contributed by atoms with E-state index < -0.39 is 5.97 Å². The molecule has 2 aromatic rings. The lowest BCUT2D eigenvalue weighted by molar-refractivity contribution is 0.0698. The zero-order valence-electron chi connectivity index (χ0n) is 12.1. The molecule has 0 saturated carbocycles. The Hall–Kier alpha value is -2.43. The number of carboxylic acid groups (broad SMARTS) is 1. The second kappa shape index (κ2) is 6.13. The molecule has 22 heavy (non-hydrogen) atoms. The topological polar surface area (TPSA) is 62.2 Å². The fourth-order valence-electron chi connectivity index (χ4n) is 3.07. The van der Waals surface area contributed by atoms with Gasteiger partial charge < -0.3 is 10.4 Å². The summed E-state index contributed by atoms with van der Waals surface area (Å²) in [6.07, 6.45) is 5.65. The Balaban J connectivity index is 1.79. The fraction of sp³-hybridized carbons (Fsp3) is 0.294. The van der Waals surface area contributed by atoms with E-state index in [1.165, 1.54) is 24.5 Å². The predicted molar refractivity (Wildman–Crippen MR) is 81.8 cm³/mol. The monoisotopic (exact) mass is 300 g/mol. The molecule has 0 amide bonds. The highest BCUT2D eigenvalue weighted by Crippen LogP contribution is 2.33.